The molecule has 0 radical (unpaired) electrons. The van der Waals surface area contributed by atoms with Gasteiger partial charge < -0.3 is 41.0 Å². The number of nitrogens with zero attached hydrogens (tertiary/aromatic N) is 1. The van der Waals surface area contributed by atoms with Gasteiger partial charge in [0.25, 0.3) is 5.91 Å². The molecule has 7 N–H and O–H groups in total. The lowest BCUT2D eigenvalue weighted by atomic mass is 9.58. The zero-order valence-electron chi connectivity index (χ0n) is 29.9. The van der Waals surface area contributed by atoms with Crippen LogP contribution in [0.5, 0.6) is 11.5 Å². The van der Waals surface area contributed by atoms with Gasteiger partial charge >= 0.3 is 5.97 Å². The van der Waals surface area contributed by atoms with Gasteiger partial charge in [-0.05, 0) is 86.7 Å². The number of likely N-dealkylation sites (N-methyl/N-ethyl adjacent to an activating group) is 1. The number of aliphatic hydroxyl groups excluding tert-OH is 2. The highest BCUT2D eigenvalue weighted by Crippen LogP contribution is 2.53. The van der Waals surface area contributed by atoms with Gasteiger partial charge in [-0.2, -0.15) is 0 Å². The third kappa shape index (κ3) is 6.34. The monoisotopic (exact) mass is 725 g/mol. The summed E-state index contributed by atoms with van der Waals surface area (Å²) in [6.07, 6.45) is 0.471. The second kappa shape index (κ2) is 14.5. The third-order valence-electron chi connectivity index (χ3n) is 10.6. The summed E-state index contributed by atoms with van der Waals surface area (Å²) in [6.45, 7) is 2.26. The van der Waals surface area contributed by atoms with E-state index in [1.165, 1.54) is 18.1 Å². The van der Waals surface area contributed by atoms with E-state index in [1.54, 1.807) is 33.2 Å². The van der Waals surface area contributed by atoms with Crippen molar-refractivity contribution in [3.63, 3.8) is 0 Å². The molecule has 0 aromatic heterocycles. The number of nitrogens with one attached hydrogen (secondary N) is 1. The Morgan fingerprint density at radius 3 is 2.38 bits per heavy atom. The average Bonchev–Trinajstić information content (AvgIpc) is 3.12. The minimum Gasteiger partial charge on any atom is -0.510 e. The fourth-order valence-corrected chi connectivity index (χ4v) is 8.15. The molecular formula is C40H43N3O10. The molecule has 0 heterocycles. The van der Waals surface area contributed by atoms with Crippen molar-refractivity contribution in [2.24, 2.45) is 17.6 Å². The normalized spacial score (nSPS) is 22.9. The molecule has 1 amide bonds. The maximum absolute atomic E-state index is 14.3. The first-order chi connectivity index (χ1) is 25.2. The molecular weight excluding hydrogens is 682 g/mol. The first-order valence-electron chi connectivity index (χ1n) is 17.3. The van der Waals surface area contributed by atoms with E-state index in [9.17, 15) is 39.6 Å². The molecule has 13 nitrogen and oxygen atoms in total. The van der Waals surface area contributed by atoms with Crippen LogP contribution in [0.15, 0.2) is 83.3 Å². The number of methoxy groups -OCH3 is 1. The average molecular weight is 726 g/mol. The number of carbonyl (C=O) groups excluding carboxylic acids is 4. The molecule has 0 bridgehead atoms. The number of hydrogen-bond donors (Lipinski definition) is 6. The number of esters is 1. The first-order valence-corrected chi connectivity index (χ1v) is 17.3. The van der Waals surface area contributed by atoms with E-state index < -0.39 is 64.1 Å². The number of ether oxygens (including phenoxy) is 2. The van der Waals surface area contributed by atoms with Gasteiger partial charge in [0, 0.05) is 23.6 Å². The number of rotatable bonds is 11. The molecule has 278 valence electrons. The van der Waals surface area contributed by atoms with Crippen LogP contribution < -0.4 is 15.8 Å². The van der Waals surface area contributed by atoms with Crippen molar-refractivity contribution in [2.45, 2.75) is 50.4 Å². The molecule has 0 fully saturated rings. The molecule has 3 aromatic carbocycles. The Balaban J connectivity index is 1.40. The fraction of sp³-hybridized carbons (Fsp3) is 0.350. The summed E-state index contributed by atoms with van der Waals surface area (Å²) in [5, 5.41) is 49.0. The minimum absolute atomic E-state index is 0.0430. The maximum Gasteiger partial charge on any atom is 0.323 e. The number of nitrogens with two attached hydrogens (primary N) is 1. The van der Waals surface area contributed by atoms with Gasteiger partial charge in [-0.1, -0.05) is 42.5 Å². The number of allylic oxidation sites excluding steroid dienone is 1. The molecule has 53 heavy (non-hydrogen) atoms. The number of phenolic OH excluding ortho intramolecular Hbond substituents is 1. The molecule has 0 saturated heterocycles. The summed E-state index contributed by atoms with van der Waals surface area (Å²) in [7, 11) is 4.66. The van der Waals surface area contributed by atoms with Gasteiger partial charge in [0.1, 0.15) is 34.6 Å². The summed E-state index contributed by atoms with van der Waals surface area (Å²) in [6, 6.07) is 16.4. The summed E-state index contributed by atoms with van der Waals surface area (Å²) >= 11 is 0. The molecule has 0 spiro atoms. The molecule has 0 aliphatic heterocycles. The molecule has 0 saturated carbocycles. The van der Waals surface area contributed by atoms with E-state index in [2.05, 4.69) is 5.32 Å². The number of fused-ring (bicyclic) bond motifs is 3. The van der Waals surface area contributed by atoms with E-state index in [4.69, 9.17) is 15.2 Å². The Hall–Kier alpha value is -5.50. The Kier molecular flexibility index (Phi) is 10.2. The lowest BCUT2D eigenvalue weighted by Gasteiger charge is -2.50. The van der Waals surface area contributed by atoms with E-state index in [1.807, 2.05) is 42.5 Å². The Bertz CT molecular complexity index is 2060. The predicted molar refractivity (Wildman–Crippen MR) is 193 cm³/mol. The zero-order valence-corrected chi connectivity index (χ0v) is 29.9. The highest BCUT2D eigenvalue weighted by atomic mass is 16.5. The Morgan fingerprint density at radius 1 is 1.02 bits per heavy atom. The molecule has 1 unspecified atom stereocenters. The minimum atomic E-state index is -2.73. The van der Waals surface area contributed by atoms with Gasteiger partial charge in [0.05, 0.1) is 25.3 Å². The number of aromatic hydroxyl groups is 1. The number of ketones is 2. The highest BCUT2D eigenvalue weighted by Gasteiger charge is 2.63. The largest absolute Gasteiger partial charge is 0.510 e. The number of Topliss-reactive ketones (excluding diaryl/α,β-unsaturated/α-hetero) is 2. The molecule has 6 rings (SSSR count). The van der Waals surface area contributed by atoms with Gasteiger partial charge in [-0.25, -0.2) is 0 Å². The van der Waals surface area contributed by atoms with Crippen molar-refractivity contribution < 1.29 is 49.1 Å². The van der Waals surface area contributed by atoms with Crippen LogP contribution >= 0.6 is 0 Å². The van der Waals surface area contributed by atoms with Gasteiger partial charge in [0.2, 0.25) is 5.78 Å². The van der Waals surface area contributed by atoms with Gasteiger partial charge in [0.15, 0.2) is 11.4 Å². The Morgan fingerprint density at radius 2 is 1.74 bits per heavy atom. The predicted octanol–water partition coefficient (Wildman–Crippen LogP) is 3.06. The number of amides is 1. The summed E-state index contributed by atoms with van der Waals surface area (Å²) in [5.41, 5.74) is 4.86. The summed E-state index contributed by atoms with van der Waals surface area (Å²) < 4.78 is 11.1. The fourth-order valence-electron chi connectivity index (χ4n) is 8.15. The SMILES string of the molecule is CCOC(=O)C(Cc1ccccc1)NCc1ccc(OC)c(-c2ccc(O)c3c2C[C@H]2C[C@@H]4[C@@H](N(C)C)C(O)=C(C(N)=O)C(=O)[C@@]4(O)C(O)=C2C3=O)c1. The molecule has 5 atom stereocenters. The molecule has 3 aliphatic rings. The topological polar surface area (TPSA) is 209 Å². The summed E-state index contributed by atoms with van der Waals surface area (Å²) in [5.74, 6) is -7.11. The van der Waals surface area contributed by atoms with Crippen molar-refractivity contribution in [1.29, 1.82) is 0 Å². The zero-order chi connectivity index (χ0) is 38.4. The van der Waals surface area contributed by atoms with Crippen molar-refractivity contribution in [3.05, 3.63) is 106 Å². The number of aliphatic hydroxyl groups is 3. The summed E-state index contributed by atoms with van der Waals surface area (Å²) in [4.78, 5) is 54.6. The van der Waals surface area contributed by atoms with Crippen LogP contribution in [0.4, 0.5) is 0 Å². The number of primary amides is 1. The second-order valence-electron chi connectivity index (χ2n) is 13.9. The van der Waals surface area contributed by atoms with Crippen LogP contribution in [0, 0.1) is 11.8 Å². The quantitative estimate of drug-likeness (QED) is 0.125. The van der Waals surface area contributed by atoms with Crippen LogP contribution in [0.2, 0.25) is 0 Å². The standard InChI is InChI=1S/C40H43N3O10/c1-5-53-39(50)27(16-20-9-7-6-8-10-20)42-19-21-11-14-29(52-4)24(15-21)23-12-13-28(44)31-25(23)17-22-18-26-33(43(2)3)35(46)32(38(41)49)37(48)40(26,51)36(47)30(22)34(31)45/h6-15,22,26-27,33,42,44,46-47,51H,5,16-19H2,1-4H3,(H2,41,49)/t22-,26+,27?,33+,40-/m0/s1. The number of benzene rings is 3. The van der Waals surface area contributed by atoms with Crippen molar-refractivity contribution in [1.82, 2.24) is 10.2 Å². The first kappa shape index (κ1) is 37.3. The van der Waals surface area contributed by atoms with Crippen molar-refractivity contribution >= 4 is 23.4 Å². The lowest BCUT2D eigenvalue weighted by molar-refractivity contribution is -0.148. The van der Waals surface area contributed by atoms with E-state index in [0.29, 0.717) is 28.9 Å². The van der Waals surface area contributed by atoms with Crippen LogP contribution in [0.25, 0.3) is 11.1 Å². The van der Waals surface area contributed by atoms with E-state index in [0.717, 1.165) is 11.1 Å². The smallest absolute Gasteiger partial charge is 0.323 e. The Labute approximate surface area is 306 Å². The number of phenols is 1. The third-order valence-corrected chi connectivity index (χ3v) is 10.6. The van der Waals surface area contributed by atoms with Gasteiger partial charge in [-0.15, -0.1) is 0 Å². The van der Waals surface area contributed by atoms with Gasteiger partial charge in [-0.3, -0.25) is 24.1 Å². The van der Waals surface area contributed by atoms with E-state index >= 15 is 0 Å². The van der Waals surface area contributed by atoms with Crippen LogP contribution in [0.1, 0.15) is 40.4 Å². The molecule has 3 aliphatic carbocycles. The number of hydrogen-bond acceptors (Lipinski definition) is 12. The van der Waals surface area contributed by atoms with Crippen LogP contribution in [-0.4, -0.2) is 94.3 Å². The maximum atomic E-state index is 14.3. The van der Waals surface area contributed by atoms with Crippen LogP contribution in [-0.2, 0) is 38.5 Å². The number of carbonyl (C=O) groups is 4. The molecule has 13 heteroatoms. The van der Waals surface area contributed by atoms with Crippen LogP contribution in [0.3, 0.4) is 0 Å². The highest BCUT2D eigenvalue weighted by molar-refractivity contribution is 6.25. The van der Waals surface area contributed by atoms with E-state index in [-0.39, 0.29) is 48.8 Å². The van der Waals surface area contributed by atoms with Crippen molar-refractivity contribution in [3.8, 4) is 22.6 Å². The molecule has 3 aromatic rings. The lowest BCUT2D eigenvalue weighted by Crippen LogP contribution is -2.63. The second-order valence-corrected chi connectivity index (χ2v) is 13.9. The van der Waals surface area contributed by atoms with Crippen molar-refractivity contribution in [2.75, 3.05) is 27.8 Å².